The fraction of sp³-hybridized carbons (Fsp3) is 0.444. The number of carbonyl (C=O) groups excluding carboxylic acids is 1. The highest BCUT2D eigenvalue weighted by Crippen LogP contribution is 2.25. The molecule has 1 fully saturated rings. The van der Waals surface area contributed by atoms with E-state index in [0.717, 1.165) is 49.3 Å². The van der Waals surface area contributed by atoms with E-state index in [1.54, 1.807) is 0 Å². The number of benzene rings is 1. The largest absolute Gasteiger partial charge is 0.371 e. The van der Waals surface area contributed by atoms with Gasteiger partial charge in [0.2, 0.25) is 0 Å². The molecule has 2 aliphatic rings. The summed E-state index contributed by atoms with van der Waals surface area (Å²) in [6.45, 7) is 2.20. The van der Waals surface area contributed by atoms with Gasteiger partial charge >= 0.3 is 0 Å². The molecular weight excluding hydrogens is 288 g/mol. The second-order valence-electron chi connectivity index (χ2n) is 6.44. The summed E-state index contributed by atoms with van der Waals surface area (Å²) in [5.74, 6) is -0.108. The van der Waals surface area contributed by atoms with Crippen LogP contribution < -0.4 is 10.2 Å². The van der Waals surface area contributed by atoms with Crippen LogP contribution in [0.15, 0.2) is 24.3 Å². The fourth-order valence-electron chi connectivity index (χ4n) is 3.61. The van der Waals surface area contributed by atoms with Crippen molar-refractivity contribution in [1.29, 1.82) is 0 Å². The van der Waals surface area contributed by atoms with Gasteiger partial charge in [0.15, 0.2) is 5.69 Å². The number of fused-ring (bicyclic) bond motifs is 1. The Morgan fingerprint density at radius 2 is 1.96 bits per heavy atom. The van der Waals surface area contributed by atoms with Crippen molar-refractivity contribution in [1.82, 2.24) is 10.2 Å². The number of H-pyrrole nitrogens is 1. The van der Waals surface area contributed by atoms with E-state index in [9.17, 15) is 4.79 Å². The second kappa shape index (κ2) is 6.07. The number of amides is 1. The molecule has 1 aromatic carbocycles. The number of carbonyl (C=O) groups is 1. The maximum absolute atomic E-state index is 12.6. The van der Waals surface area contributed by atoms with Gasteiger partial charge < -0.3 is 10.2 Å². The number of anilines is 2. The van der Waals surface area contributed by atoms with Gasteiger partial charge in [0.05, 0.1) is 0 Å². The molecule has 1 saturated heterocycles. The van der Waals surface area contributed by atoms with Gasteiger partial charge in [-0.2, -0.15) is 5.10 Å². The molecule has 0 spiro atoms. The third-order valence-electron chi connectivity index (χ3n) is 4.85. The van der Waals surface area contributed by atoms with Gasteiger partial charge in [-0.3, -0.25) is 9.89 Å². The third-order valence-corrected chi connectivity index (χ3v) is 4.85. The van der Waals surface area contributed by atoms with Crippen molar-refractivity contribution < 1.29 is 4.79 Å². The quantitative estimate of drug-likeness (QED) is 0.915. The second-order valence-corrected chi connectivity index (χ2v) is 6.44. The maximum Gasteiger partial charge on any atom is 0.276 e. The van der Waals surface area contributed by atoms with Crippen LogP contribution in [0.25, 0.3) is 0 Å². The number of aromatic amines is 1. The van der Waals surface area contributed by atoms with Crippen LogP contribution in [0.1, 0.15) is 47.4 Å². The number of nitrogens with one attached hydrogen (secondary N) is 2. The molecule has 2 heterocycles. The zero-order valence-corrected chi connectivity index (χ0v) is 13.3. The van der Waals surface area contributed by atoms with Gasteiger partial charge in [-0.05, 0) is 56.7 Å². The number of hydrogen-bond donors (Lipinski definition) is 2. The smallest absolute Gasteiger partial charge is 0.276 e. The first kappa shape index (κ1) is 14.3. The van der Waals surface area contributed by atoms with E-state index in [0.29, 0.717) is 5.69 Å². The molecule has 1 aromatic heterocycles. The molecule has 2 N–H and O–H groups in total. The van der Waals surface area contributed by atoms with Crippen LogP contribution in [-0.4, -0.2) is 29.2 Å². The van der Waals surface area contributed by atoms with Gasteiger partial charge in [-0.1, -0.05) is 6.07 Å². The number of aryl methyl sites for hydroxylation is 1. The Bertz CT molecular complexity index is 716. The van der Waals surface area contributed by atoms with Crippen LogP contribution in [0.2, 0.25) is 0 Å². The van der Waals surface area contributed by atoms with Crippen molar-refractivity contribution in [2.75, 3.05) is 23.3 Å². The van der Waals surface area contributed by atoms with E-state index < -0.39 is 0 Å². The number of rotatable bonds is 3. The van der Waals surface area contributed by atoms with Crippen LogP contribution in [0, 0.1) is 0 Å². The SMILES string of the molecule is O=C(Nc1cccc(N2CCCC2)c1)c1n[nH]c2c1CCCC2. The summed E-state index contributed by atoms with van der Waals surface area (Å²) in [7, 11) is 0. The summed E-state index contributed by atoms with van der Waals surface area (Å²) < 4.78 is 0. The Hall–Kier alpha value is -2.30. The minimum atomic E-state index is -0.108. The summed E-state index contributed by atoms with van der Waals surface area (Å²) in [5, 5.41) is 10.3. The Kier molecular flexibility index (Phi) is 3.77. The molecule has 0 saturated carbocycles. The van der Waals surface area contributed by atoms with Crippen LogP contribution in [-0.2, 0) is 12.8 Å². The molecule has 2 aromatic rings. The van der Waals surface area contributed by atoms with Crippen molar-refractivity contribution >= 4 is 17.3 Å². The molecule has 5 nitrogen and oxygen atoms in total. The summed E-state index contributed by atoms with van der Waals surface area (Å²) in [5.41, 5.74) is 4.82. The summed E-state index contributed by atoms with van der Waals surface area (Å²) in [4.78, 5) is 14.9. The average molecular weight is 310 g/mol. The zero-order valence-electron chi connectivity index (χ0n) is 13.3. The van der Waals surface area contributed by atoms with E-state index in [4.69, 9.17) is 0 Å². The van der Waals surface area contributed by atoms with Crippen molar-refractivity contribution in [3.05, 3.63) is 41.2 Å². The molecule has 23 heavy (non-hydrogen) atoms. The highest BCUT2D eigenvalue weighted by Gasteiger charge is 2.22. The molecule has 1 aliphatic heterocycles. The number of aromatic nitrogens is 2. The molecule has 5 heteroatoms. The predicted octanol–water partition coefficient (Wildman–Crippen LogP) is 3.14. The van der Waals surface area contributed by atoms with Crippen LogP contribution in [0.3, 0.4) is 0 Å². The lowest BCUT2D eigenvalue weighted by molar-refractivity contribution is 0.102. The minimum absolute atomic E-state index is 0.108. The Balaban J connectivity index is 1.52. The lowest BCUT2D eigenvalue weighted by Gasteiger charge is -2.18. The van der Waals surface area contributed by atoms with Gasteiger partial charge in [-0.15, -0.1) is 0 Å². The molecule has 0 atom stereocenters. The standard InChI is InChI=1S/C18H22N4O/c23-18(17-15-8-1-2-9-16(15)20-21-17)19-13-6-5-7-14(12-13)22-10-3-4-11-22/h5-7,12H,1-4,8-11H2,(H,19,23)(H,20,21). The highest BCUT2D eigenvalue weighted by molar-refractivity contribution is 6.04. The van der Waals surface area contributed by atoms with Crippen LogP contribution in [0.4, 0.5) is 11.4 Å². The normalized spacial score (nSPS) is 17.1. The van der Waals surface area contributed by atoms with E-state index in [-0.39, 0.29) is 5.91 Å². The first-order valence-electron chi connectivity index (χ1n) is 8.54. The van der Waals surface area contributed by atoms with Gasteiger partial charge in [0.1, 0.15) is 0 Å². The van der Waals surface area contributed by atoms with Crippen molar-refractivity contribution in [3.63, 3.8) is 0 Å². The number of nitrogens with zero attached hydrogens (tertiary/aromatic N) is 2. The topological polar surface area (TPSA) is 61.0 Å². The van der Waals surface area contributed by atoms with Crippen molar-refractivity contribution in [2.24, 2.45) is 0 Å². The Morgan fingerprint density at radius 1 is 1.13 bits per heavy atom. The van der Waals surface area contributed by atoms with E-state index >= 15 is 0 Å². The summed E-state index contributed by atoms with van der Waals surface area (Å²) >= 11 is 0. The predicted molar refractivity (Wildman–Crippen MR) is 91.1 cm³/mol. The monoisotopic (exact) mass is 310 g/mol. The Labute approximate surface area is 136 Å². The van der Waals surface area contributed by atoms with Gasteiger partial charge in [0, 0.05) is 35.7 Å². The number of hydrogen-bond acceptors (Lipinski definition) is 3. The maximum atomic E-state index is 12.6. The molecule has 0 radical (unpaired) electrons. The zero-order chi connectivity index (χ0) is 15.6. The van der Waals surface area contributed by atoms with Crippen LogP contribution in [0.5, 0.6) is 0 Å². The van der Waals surface area contributed by atoms with E-state index in [1.165, 1.54) is 24.9 Å². The van der Waals surface area contributed by atoms with Crippen molar-refractivity contribution in [2.45, 2.75) is 38.5 Å². The first-order valence-corrected chi connectivity index (χ1v) is 8.54. The molecule has 1 aliphatic carbocycles. The van der Waals surface area contributed by atoms with Gasteiger partial charge in [-0.25, -0.2) is 0 Å². The molecule has 120 valence electrons. The lowest BCUT2D eigenvalue weighted by Crippen LogP contribution is -2.19. The molecule has 1 amide bonds. The molecule has 0 bridgehead atoms. The van der Waals surface area contributed by atoms with Gasteiger partial charge in [0.25, 0.3) is 5.91 Å². The van der Waals surface area contributed by atoms with E-state index in [2.05, 4.69) is 32.5 Å². The van der Waals surface area contributed by atoms with E-state index in [1.807, 2.05) is 12.1 Å². The average Bonchev–Trinajstić information content (AvgIpc) is 3.25. The van der Waals surface area contributed by atoms with Crippen LogP contribution >= 0.6 is 0 Å². The highest BCUT2D eigenvalue weighted by atomic mass is 16.1. The molecule has 0 unspecified atom stereocenters. The fourth-order valence-corrected chi connectivity index (χ4v) is 3.61. The first-order chi connectivity index (χ1) is 11.3. The lowest BCUT2D eigenvalue weighted by atomic mass is 9.96. The van der Waals surface area contributed by atoms with Crippen molar-refractivity contribution in [3.8, 4) is 0 Å². The molecular formula is C18H22N4O. The molecule has 4 rings (SSSR count). The third kappa shape index (κ3) is 2.83. The Morgan fingerprint density at radius 3 is 2.83 bits per heavy atom. The summed E-state index contributed by atoms with van der Waals surface area (Å²) in [6, 6.07) is 8.11. The minimum Gasteiger partial charge on any atom is -0.371 e. The summed E-state index contributed by atoms with van der Waals surface area (Å²) in [6.07, 6.45) is 6.75.